The van der Waals surface area contributed by atoms with Crippen LogP contribution in [-0.4, -0.2) is 69.9 Å². The van der Waals surface area contributed by atoms with E-state index in [0.29, 0.717) is 43.9 Å². The summed E-state index contributed by atoms with van der Waals surface area (Å²) in [5.41, 5.74) is 7.62. The maximum atomic E-state index is 12.8. The zero-order valence-electron chi connectivity index (χ0n) is 15.9. The number of carbonyl (C=O) groups is 2. The first kappa shape index (κ1) is 18.4. The molecule has 9 nitrogen and oxygen atoms in total. The van der Waals surface area contributed by atoms with E-state index in [2.05, 4.69) is 15.0 Å². The number of H-pyrrole nitrogens is 1. The minimum absolute atomic E-state index is 0.0429. The molecular weight excluding hydrogens is 360 g/mol. The Morgan fingerprint density at radius 3 is 2.71 bits per heavy atom. The number of hydrogen-bond acceptors (Lipinski definition) is 6. The van der Waals surface area contributed by atoms with Crippen molar-refractivity contribution in [2.45, 2.75) is 24.8 Å². The van der Waals surface area contributed by atoms with Gasteiger partial charge >= 0.3 is 0 Å². The first-order valence-corrected chi connectivity index (χ1v) is 9.38. The summed E-state index contributed by atoms with van der Waals surface area (Å²) in [5, 5.41) is 0. The lowest BCUT2D eigenvalue weighted by Gasteiger charge is -2.50. The quantitative estimate of drug-likeness (QED) is 0.798. The molecule has 2 amide bonds. The van der Waals surface area contributed by atoms with E-state index in [0.717, 1.165) is 17.8 Å². The summed E-state index contributed by atoms with van der Waals surface area (Å²) in [6.45, 7) is 1.73. The minimum Gasteiger partial charge on any atom is -0.384 e. The number of rotatable bonds is 3. The van der Waals surface area contributed by atoms with Gasteiger partial charge in [0.05, 0.1) is 23.1 Å². The molecule has 0 bridgehead atoms. The number of fused-ring (bicyclic) bond motifs is 2. The molecule has 0 atom stereocenters. The minimum atomic E-state index is -0.501. The second-order valence-electron chi connectivity index (χ2n) is 7.25. The number of carbonyl (C=O) groups excluding carboxylic acids is 2. The molecule has 0 aliphatic carbocycles. The van der Waals surface area contributed by atoms with Crippen molar-refractivity contribution >= 4 is 17.6 Å². The van der Waals surface area contributed by atoms with E-state index in [9.17, 15) is 9.59 Å². The molecule has 28 heavy (non-hydrogen) atoms. The fourth-order valence-corrected chi connectivity index (χ4v) is 4.34. The maximum absolute atomic E-state index is 12.8. The number of aromatic amines is 1. The van der Waals surface area contributed by atoms with Gasteiger partial charge in [-0.3, -0.25) is 9.59 Å². The molecule has 148 valence electrons. The number of nitrogen functional groups attached to an aromatic ring is 1. The van der Waals surface area contributed by atoms with Crippen LogP contribution in [0.25, 0.3) is 0 Å². The average molecular weight is 384 g/mol. The number of anilines is 1. The van der Waals surface area contributed by atoms with E-state index in [1.54, 1.807) is 23.4 Å². The van der Waals surface area contributed by atoms with Crippen molar-refractivity contribution in [1.29, 1.82) is 0 Å². The Morgan fingerprint density at radius 1 is 1.25 bits per heavy atom. The molecule has 0 saturated carbocycles. The Bertz CT molecular complexity index is 870. The van der Waals surface area contributed by atoms with Crippen LogP contribution in [0.3, 0.4) is 0 Å². The van der Waals surface area contributed by atoms with Crippen molar-refractivity contribution in [3.05, 3.63) is 41.6 Å². The van der Waals surface area contributed by atoms with Crippen molar-refractivity contribution in [3.8, 4) is 0 Å². The second-order valence-corrected chi connectivity index (χ2v) is 7.25. The van der Waals surface area contributed by atoms with Gasteiger partial charge in [0.25, 0.3) is 5.91 Å². The molecule has 0 aromatic carbocycles. The number of imidazole rings is 1. The topological polar surface area (TPSA) is 117 Å². The number of pyridine rings is 1. The number of methoxy groups -OCH3 is 1. The zero-order valence-corrected chi connectivity index (χ0v) is 15.9. The van der Waals surface area contributed by atoms with Crippen molar-refractivity contribution in [3.63, 3.8) is 0 Å². The second kappa shape index (κ2) is 7.23. The van der Waals surface area contributed by atoms with Crippen LogP contribution in [0.1, 0.15) is 34.6 Å². The van der Waals surface area contributed by atoms with E-state index in [1.807, 2.05) is 4.90 Å². The zero-order chi connectivity index (χ0) is 19.7. The van der Waals surface area contributed by atoms with Crippen LogP contribution in [0.15, 0.2) is 24.7 Å². The molecule has 0 radical (unpaired) electrons. The first-order valence-electron chi connectivity index (χ1n) is 9.38. The lowest BCUT2D eigenvalue weighted by molar-refractivity contribution is -0.145. The van der Waals surface area contributed by atoms with Crippen LogP contribution in [0, 0.1) is 0 Å². The molecule has 2 aliphatic heterocycles. The Kier molecular flexibility index (Phi) is 4.76. The van der Waals surface area contributed by atoms with Crippen molar-refractivity contribution in [2.75, 3.05) is 39.1 Å². The maximum Gasteiger partial charge on any atom is 0.255 e. The van der Waals surface area contributed by atoms with E-state index in [-0.39, 0.29) is 18.4 Å². The van der Waals surface area contributed by atoms with Gasteiger partial charge in [-0.05, 0) is 25.0 Å². The van der Waals surface area contributed by atoms with E-state index in [1.165, 1.54) is 13.3 Å². The third kappa shape index (κ3) is 3.01. The van der Waals surface area contributed by atoms with Crippen LogP contribution in [0.5, 0.6) is 0 Å². The SMILES string of the molecule is COCC(=O)N1CCc2[nH]cnc2C12CCN(C(=O)c1ccc(N)nc1)CC2. The highest BCUT2D eigenvalue weighted by Crippen LogP contribution is 2.42. The first-order chi connectivity index (χ1) is 13.5. The van der Waals surface area contributed by atoms with Crippen LogP contribution in [0.4, 0.5) is 5.82 Å². The summed E-state index contributed by atoms with van der Waals surface area (Å²) in [6, 6.07) is 3.32. The van der Waals surface area contributed by atoms with Gasteiger partial charge in [-0.2, -0.15) is 0 Å². The number of nitrogens with one attached hydrogen (secondary N) is 1. The highest BCUT2D eigenvalue weighted by molar-refractivity contribution is 5.94. The predicted octanol–water partition coefficient (Wildman–Crippen LogP) is 0.550. The van der Waals surface area contributed by atoms with Gasteiger partial charge in [0, 0.05) is 45.1 Å². The van der Waals surface area contributed by atoms with Gasteiger partial charge < -0.3 is 25.3 Å². The van der Waals surface area contributed by atoms with E-state index in [4.69, 9.17) is 10.5 Å². The summed E-state index contributed by atoms with van der Waals surface area (Å²) in [7, 11) is 1.52. The number of hydrogen-bond donors (Lipinski definition) is 2. The Hall–Kier alpha value is -2.94. The third-order valence-corrected chi connectivity index (χ3v) is 5.74. The van der Waals surface area contributed by atoms with Gasteiger partial charge in [0.15, 0.2) is 0 Å². The number of aromatic nitrogens is 3. The summed E-state index contributed by atoms with van der Waals surface area (Å²) in [5.74, 6) is 0.267. The normalized spacial score (nSPS) is 18.2. The molecule has 1 saturated heterocycles. The van der Waals surface area contributed by atoms with Crippen LogP contribution >= 0.6 is 0 Å². The number of ether oxygens (including phenoxy) is 1. The fourth-order valence-electron chi connectivity index (χ4n) is 4.34. The van der Waals surface area contributed by atoms with E-state index >= 15 is 0 Å². The van der Waals surface area contributed by atoms with Crippen LogP contribution < -0.4 is 5.73 Å². The van der Waals surface area contributed by atoms with Crippen LogP contribution in [0.2, 0.25) is 0 Å². The molecule has 2 aromatic rings. The van der Waals surface area contributed by atoms with Crippen molar-refractivity contribution in [1.82, 2.24) is 24.8 Å². The fraction of sp³-hybridized carbons (Fsp3) is 0.474. The highest BCUT2D eigenvalue weighted by atomic mass is 16.5. The van der Waals surface area contributed by atoms with Gasteiger partial charge in [0.1, 0.15) is 12.4 Å². The number of likely N-dealkylation sites (tertiary alicyclic amines) is 1. The summed E-state index contributed by atoms with van der Waals surface area (Å²) >= 11 is 0. The molecule has 2 aliphatic rings. The molecule has 4 heterocycles. The molecule has 9 heteroatoms. The molecule has 3 N–H and O–H groups in total. The number of piperidine rings is 1. The van der Waals surface area contributed by atoms with Gasteiger partial charge in [-0.15, -0.1) is 0 Å². The molecular formula is C19H24N6O3. The third-order valence-electron chi connectivity index (χ3n) is 5.74. The summed E-state index contributed by atoms with van der Waals surface area (Å²) in [6.07, 6.45) is 5.20. The molecule has 0 unspecified atom stereocenters. The Morgan fingerprint density at radius 2 is 2.04 bits per heavy atom. The summed E-state index contributed by atoms with van der Waals surface area (Å²) in [4.78, 5) is 41.0. The van der Waals surface area contributed by atoms with Gasteiger partial charge in [-0.25, -0.2) is 9.97 Å². The highest BCUT2D eigenvalue weighted by Gasteiger charge is 2.49. The molecule has 2 aromatic heterocycles. The number of nitrogens with two attached hydrogens (primary N) is 1. The van der Waals surface area contributed by atoms with Gasteiger partial charge in [0.2, 0.25) is 5.91 Å². The lowest BCUT2D eigenvalue weighted by Crippen LogP contribution is -2.59. The smallest absolute Gasteiger partial charge is 0.255 e. The number of amides is 2. The van der Waals surface area contributed by atoms with Crippen molar-refractivity contribution < 1.29 is 14.3 Å². The predicted molar refractivity (Wildman–Crippen MR) is 101 cm³/mol. The molecule has 1 spiro atoms. The molecule has 1 fully saturated rings. The largest absolute Gasteiger partial charge is 0.384 e. The van der Waals surface area contributed by atoms with Crippen LogP contribution in [-0.2, 0) is 21.5 Å². The summed E-state index contributed by atoms with van der Waals surface area (Å²) < 4.78 is 5.09. The van der Waals surface area contributed by atoms with Crippen molar-refractivity contribution in [2.24, 2.45) is 0 Å². The standard InChI is InChI=1S/C19H24N6O3/c1-28-11-16(26)25-7-4-14-17(23-12-22-14)19(25)5-8-24(9-6-19)18(27)13-2-3-15(20)21-10-13/h2-3,10,12H,4-9,11H2,1H3,(H2,20,21)(H,22,23). The average Bonchev–Trinajstić information content (AvgIpc) is 3.19. The number of nitrogens with zero attached hydrogens (tertiary/aromatic N) is 4. The Balaban J connectivity index is 1.57. The van der Waals surface area contributed by atoms with Gasteiger partial charge in [-0.1, -0.05) is 0 Å². The lowest BCUT2D eigenvalue weighted by atomic mass is 9.78. The van der Waals surface area contributed by atoms with E-state index < -0.39 is 5.54 Å². The Labute approximate surface area is 162 Å². The monoisotopic (exact) mass is 384 g/mol. The molecule has 4 rings (SSSR count).